The fourth-order valence-electron chi connectivity index (χ4n) is 1.54. The van der Waals surface area contributed by atoms with Crippen molar-refractivity contribution in [3.63, 3.8) is 0 Å². The van der Waals surface area contributed by atoms with Gasteiger partial charge in [-0.2, -0.15) is 0 Å². The van der Waals surface area contributed by atoms with E-state index in [1.165, 1.54) is 24.8 Å². The first-order valence-corrected chi connectivity index (χ1v) is 5.84. The van der Waals surface area contributed by atoms with Gasteiger partial charge in [0.25, 0.3) is 0 Å². The number of hydrogen-bond donors (Lipinski definition) is 0. The van der Waals surface area contributed by atoms with E-state index in [2.05, 4.69) is 53.7 Å². The molecule has 0 aromatic carbocycles. The zero-order valence-electron chi connectivity index (χ0n) is 10.8. The van der Waals surface area contributed by atoms with Gasteiger partial charge in [0, 0.05) is 0 Å². The van der Waals surface area contributed by atoms with Crippen LogP contribution in [0.1, 0.15) is 60.8 Å². The maximum absolute atomic E-state index is 2.39. The lowest BCUT2D eigenvalue weighted by atomic mass is 9.88. The molecule has 0 unspecified atom stereocenters. The second-order valence-electron chi connectivity index (χ2n) is 4.74. The highest BCUT2D eigenvalue weighted by Crippen LogP contribution is 2.24. The molecular formula is C14H26. The van der Waals surface area contributed by atoms with Gasteiger partial charge in [0.15, 0.2) is 0 Å². The van der Waals surface area contributed by atoms with E-state index < -0.39 is 0 Å². The van der Waals surface area contributed by atoms with Crippen molar-refractivity contribution < 1.29 is 0 Å². The van der Waals surface area contributed by atoms with Crippen LogP contribution in [0.25, 0.3) is 0 Å². The predicted molar refractivity (Wildman–Crippen MR) is 66.5 cm³/mol. The Balaban J connectivity index is 4.61. The number of rotatable bonds is 5. The molecular weight excluding hydrogens is 168 g/mol. The van der Waals surface area contributed by atoms with Crippen LogP contribution in [0, 0.1) is 5.41 Å². The summed E-state index contributed by atoms with van der Waals surface area (Å²) < 4.78 is 0. The molecule has 0 amide bonds. The highest BCUT2D eigenvalue weighted by atomic mass is 14.2. The minimum atomic E-state index is 0.340. The molecule has 0 nitrogen and oxygen atoms in total. The standard InChI is InChI=1S/C14H26/c1-7-13(8-2)10-12(4)11-14(5,6)9-3/h10-11H,7-9H2,1-6H3. The average Bonchev–Trinajstić information content (AvgIpc) is 2.13. The maximum Gasteiger partial charge on any atom is -0.0172 e. The summed E-state index contributed by atoms with van der Waals surface area (Å²) in [5.41, 5.74) is 3.30. The van der Waals surface area contributed by atoms with Crippen molar-refractivity contribution >= 4 is 0 Å². The van der Waals surface area contributed by atoms with Gasteiger partial charge in [-0.25, -0.2) is 0 Å². The Hall–Kier alpha value is -0.520. The summed E-state index contributed by atoms with van der Waals surface area (Å²) in [6.45, 7) is 13.5. The van der Waals surface area contributed by atoms with Crippen LogP contribution in [0.2, 0.25) is 0 Å². The van der Waals surface area contributed by atoms with E-state index in [1.807, 2.05) is 0 Å². The SMILES string of the molecule is CCC(=CC(C)=CC(C)(C)CC)CC. The van der Waals surface area contributed by atoms with E-state index in [1.54, 1.807) is 5.57 Å². The van der Waals surface area contributed by atoms with Crippen molar-refractivity contribution in [1.29, 1.82) is 0 Å². The van der Waals surface area contributed by atoms with Crippen LogP contribution >= 0.6 is 0 Å². The van der Waals surface area contributed by atoms with Crippen LogP contribution in [0.5, 0.6) is 0 Å². The van der Waals surface area contributed by atoms with E-state index >= 15 is 0 Å². The van der Waals surface area contributed by atoms with Gasteiger partial charge < -0.3 is 0 Å². The molecule has 0 saturated carbocycles. The first-order chi connectivity index (χ1) is 6.45. The molecule has 0 heteroatoms. The lowest BCUT2D eigenvalue weighted by molar-refractivity contribution is 0.460. The van der Waals surface area contributed by atoms with Gasteiger partial charge in [-0.05, 0) is 31.6 Å². The summed E-state index contributed by atoms with van der Waals surface area (Å²) in [6, 6.07) is 0. The minimum absolute atomic E-state index is 0.340. The van der Waals surface area contributed by atoms with E-state index in [-0.39, 0.29) is 0 Å². The summed E-state index contributed by atoms with van der Waals surface area (Å²) >= 11 is 0. The van der Waals surface area contributed by atoms with E-state index in [0.29, 0.717) is 5.41 Å². The summed E-state index contributed by atoms with van der Waals surface area (Å²) in [4.78, 5) is 0. The first-order valence-electron chi connectivity index (χ1n) is 5.84. The van der Waals surface area contributed by atoms with Crippen molar-refractivity contribution in [2.24, 2.45) is 5.41 Å². The molecule has 0 fully saturated rings. The average molecular weight is 194 g/mol. The van der Waals surface area contributed by atoms with E-state index in [4.69, 9.17) is 0 Å². The maximum atomic E-state index is 2.39. The Labute approximate surface area is 90.1 Å². The van der Waals surface area contributed by atoms with Crippen LogP contribution in [-0.2, 0) is 0 Å². The molecule has 0 rings (SSSR count). The smallest absolute Gasteiger partial charge is 0.0172 e. The zero-order valence-corrected chi connectivity index (χ0v) is 10.8. The highest BCUT2D eigenvalue weighted by Gasteiger charge is 2.10. The molecule has 0 atom stereocenters. The molecule has 0 bridgehead atoms. The fraction of sp³-hybridized carbons (Fsp3) is 0.714. The van der Waals surface area contributed by atoms with Crippen LogP contribution in [0.4, 0.5) is 0 Å². The molecule has 0 aliphatic heterocycles. The number of hydrogen-bond acceptors (Lipinski definition) is 0. The molecule has 0 aliphatic rings. The molecule has 0 aliphatic carbocycles. The van der Waals surface area contributed by atoms with Crippen molar-refractivity contribution in [3.8, 4) is 0 Å². The van der Waals surface area contributed by atoms with Gasteiger partial charge in [-0.3, -0.25) is 0 Å². The number of allylic oxidation sites excluding steroid dienone is 4. The third-order valence-electron chi connectivity index (χ3n) is 2.87. The normalized spacial score (nSPS) is 12.9. The van der Waals surface area contributed by atoms with Crippen molar-refractivity contribution in [2.75, 3.05) is 0 Å². The molecule has 0 aromatic heterocycles. The van der Waals surface area contributed by atoms with Gasteiger partial charge in [-0.15, -0.1) is 0 Å². The molecule has 0 aromatic rings. The van der Waals surface area contributed by atoms with Crippen molar-refractivity contribution in [1.82, 2.24) is 0 Å². The quantitative estimate of drug-likeness (QED) is 0.533. The van der Waals surface area contributed by atoms with Gasteiger partial charge in [-0.1, -0.05) is 57.9 Å². The molecule has 82 valence electrons. The zero-order chi connectivity index (χ0) is 11.2. The largest absolute Gasteiger partial charge is 0.0759 e. The van der Waals surface area contributed by atoms with E-state index in [9.17, 15) is 0 Å². The third-order valence-corrected chi connectivity index (χ3v) is 2.87. The van der Waals surface area contributed by atoms with Crippen LogP contribution in [0.3, 0.4) is 0 Å². The second-order valence-corrected chi connectivity index (χ2v) is 4.74. The molecule has 0 radical (unpaired) electrons. The second kappa shape index (κ2) is 6.06. The lowest BCUT2D eigenvalue weighted by Gasteiger charge is -2.18. The molecule has 0 spiro atoms. The molecule has 0 heterocycles. The third kappa shape index (κ3) is 5.26. The summed E-state index contributed by atoms with van der Waals surface area (Å²) in [5.74, 6) is 0. The first kappa shape index (κ1) is 13.5. The topological polar surface area (TPSA) is 0 Å². The summed E-state index contributed by atoms with van der Waals surface area (Å²) in [6.07, 6.45) is 8.28. The lowest BCUT2D eigenvalue weighted by Crippen LogP contribution is -2.05. The summed E-state index contributed by atoms with van der Waals surface area (Å²) in [5, 5.41) is 0. The Morgan fingerprint density at radius 1 is 1.07 bits per heavy atom. The minimum Gasteiger partial charge on any atom is -0.0759 e. The van der Waals surface area contributed by atoms with Crippen molar-refractivity contribution in [3.05, 3.63) is 23.3 Å². The molecule has 14 heavy (non-hydrogen) atoms. The van der Waals surface area contributed by atoms with Gasteiger partial charge in [0.05, 0.1) is 0 Å². The van der Waals surface area contributed by atoms with Crippen LogP contribution < -0.4 is 0 Å². The van der Waals surface area contributed by atoms with E-state index in [0.717, 1.165) is 0 Å². The fourth-order valence-corrected chi connectivity index (χ4v) is 1.54. The van der Waals surface area contributed by atoms with Crippen molar-refractivity contribution in [2.45, 2.75) is 60.8 Å². The Bertz CT molecular complexity index is 210. The Kier molecular flexibility index (Phi) is 5.83. The molecule has 0 saturated heterocycles. The van der Waals surface area contributed by atoms with Crippen LogP contribution in [0.15, 0.2) is 23.3 Å². The summed E-state index contributed by atoms with van der Waals surface area (Å²) in [7, 11) is 0. The van der Waals surface area contributed by atoms with Gasteiger partial charge in [0.2, 0.25) is 0 Å². The predicted octanol–water partition coefficient (Wildman–Crippen LogP) is 5.12. The Morgan fingerprint density at radius 3 is 1.93 bits per heavy atom. The monoisotopic (exact) mass is 194 g/mol. The highest BCUT2D eigenvalue weighted by molar-refractivity contribution is 5.23. The molecule has 0 N–H and O–H groups in total. The van der Waals surface area contributed by atoms with Gasteiger partial charge in [0.1, 0.15) is 0 Å². The van der Waals surface area contributed by atoms with Crippen LogP contribution in [-0.4, -0.2) is 0 Å². The van der Waals surface area contributed by atoms with Gasteiger partial charge >= 0.3 is 0 Å². The Morgan fingerprint density at radius 2 is 1.57 bits per heavy atom.